The summed E-state index contributed by atoms with van der Waals surface area (Å²) in [7, 11) is 1.89. The maximum Gasteiger partial charge on any atom is 0.165 e. The van der Waals surface area contributed by atoms with Crippen LogP contribution in [0.2, 0.25) is 0 Å². The van der Waals surface area contributed by atoms with Crippen LogP contribution in [0.15, 0.2) is 42.7 Å². The van der Waals surface area contributed by atoms with Crippen LogP contribution in [0.1, 0.15) is 20.3 Å². The summed E-state index contributed by atoms with van der Waals surface area (Å²) in [4.78, 5) is 16.9. The molecule has 0 amide bonds. The molecular weight excluding hydrogens is 307 g/mol. The summed E-state index contributed by atoms with van der Waals surface area (Å²) < 4.78 is 19.7. The molecule has 0 fully saturated rings. The van der Waals surface area contributed by atoms with Gasteiger partial charge >= 0.3 is 0 Å². The van der Waals surface area contributed by atoms with Crippen molar-refractivity contribution in [3.63, 3.8) is 0 Å². The van der Waals surface area contributed by atoms with Gasteiger partial charge in [-0.25, -0.2) is 4.39 Å². The number of halogens is 1. The van der Waals surface area contributed by atoms with Gasteiger partial charge in [0.25, 0.3) is 0 Å². The SMILES string of the molecule is CN(CCCOc1ccc(-c2ccncc2)cc1F)C(C)(C)C=O. The largest absolute Gasteiger partial charge is 0.490 e. The van der Waals surface area contributed by atoms with E-state index in [0.717, 1.165) is 17.4 Å². The Morgan fingerprint density at radius 1 is 1.21 bits per heavy atom. The lowest BCUT2D eigenvalue weighted by atomic mass is 10.1. The van der Waals surface area contributed by atoms with Gasteiger partial charge in [0.1, 0.15) is 6.29 Å². The van der Waals surface area contributed by atoms with Crippen LogP contribution in [-0.2, 0) is 4.79 Å². The number of hydrogen-bond acceptors (Lipinski definition) is 4. The van der Waals surface area contributed by atoms with Gasteiger partial charge < -0.3 is 9.53 Å². The van der Waals surface area contributed by atoms with Crippen LogP contribution >= 0.6 is 0 Å². The quantitative estimate of drug-likeness (QED) is 0.548. The number of nitrogens with zero attached hydrogens (tertiary/aromatic N) is 2. The number of likely N-dealkylation sites (N-methyl/N-ethyl adjacent to an activating group) is 1. The molecule has 0 aliphatic carbocycles. The van der Waals surface area contributed by atoms with E-state index in [1.807, 2.05) is 44.0 Å². The molecule has 0 N–H and O–H groups in total. The molecule has 0 saturated heterocycles. The van der Waals surface area contributed by atoms with E-state index in [-0.39, 0.29) is 11.6 Å². The van der Waals surface area contributed by atoms with E-state index in [9.17, 15) is 9.18 Å². The second-order valence-electron chi connectivity index (χ2n) is 6.28. The van der Waals surface area contributed by atoms with Gasteiger partial charge in [-0.3, -0.25) is 9.88 Å². The molecule has 0 bridgehead atoms. The number of aldehydes is 1. The molecular formula is C19H23FN2O2. The normalized spacial score (nSPS) is 11.5. The van der Waals surface area contributed by atoms with Crippen LogP contribution in [0, 0.1) is 5.82 Å². The third kappa shape index (κ3) is 4.61. The van der Waals surface area contributed by atoms with Gasteiger partial charge in [-0.2, -0.15) is 0 Å². The van der Waals surface area contributed by atoms with Gasteiger partial charge in [0.15, 0.2) is 11.6 Å². The molecule has 128 valence electrons. The number of carbonyl (C=O) groups excluding carboxylic acids is 1. The number of aromatic nitrogens is 1. The van der Waals surface area contributed by atoms with Crippen LogP contribution < -0.4 is 4.74 Å². The summed E-state index contributed by atoms with van der Waals surface area (Å²) in [6.07, 6.45) is 4.98. The zero-order chi connectivity index (χ0) is 17.6. The number of carbonyl (C=O) groups is 1. The van der Waals surface area contributed by atoms with Crippen LogP contribution in [-0.4, -0.2) is 41.9 Å². The van der Waals surface area contributed by atoms with Gasteiger partial charge in [-0.1, -0.05) is 6.07 Å². The first kappa shape index (κ1) is 18.1. The maximum absolute atomic E-state index is 14.2. The third-order valence-electron chi connectivity index (χ3n) is 4.11. The molecule has 0 saturated carbocycles. The fraction of sp³-hybridized carbons (Fsp3) is 0.368. The minimum atomic E-state index is -0.503. The second kappa shape index (κ2) is 8.02. The monoisotopic (exact) mass is 330 g/mol. The van der Waals surface area contributed by atoms with Gasteiger partial charge in [-0.15, -0.1) is 0 Å². The van der Waals surface area contributed by atoms with E-state index in [0.29, 0.717) is 19.6 Å². The molecule has 1 aromatic carbocycles. The molecule has 2 rings (SSSR count). The number of hydrogen-bond donors (Lipinski definition) is 0. The van der Waals surface area contributed by atoms with Gasteiger partial charge in [-0.05, 0) is 62.7 Å². The lowest BCUT2D eigenvalue weighted by molar-refractivity contribution is -0.116. The molecule has 1 heterocycles. The van der Waals surface area contributed by atoms with Gasteiger partial charge in [0.2, 0.25) is 0 Å². The number of pyridine rings is 1. The number of benzene rings is 1. The predicted octanol–water partition coefficient (Wildman–Crippen LogP) is 3.57. The summed E-state index contributed by atoms with van der Waals surface area (Å²) in [6.45, 7) is 4.81. The predicted molar refractivity (Wildman–Crippen MR) is 92.5 cm³/mol. The summed E-state index contributed by atoms with van der Waals surface area (Å²) in [5.74, 6) is -0.143. The molecule has 0 radical (unpaired) electrons. The van der Waals surface area contributed by atoms with E-state index in [1.165, 1.54) is 6.07 Å². The lowest BCUT2D eigenvalue weighted by Gasteiger charge is -2.30. The standard InChI is InChI=1S/C19H23FN2O2/c1-19(2,14-23)22(3)11-4-12-24-18-6-5-16(13-17(18)20)15-7-9-21-10-8-15/h5-10,13-14H,4,11-12H2,1-3H3. The Bertz CT molecular complexity index is 674. The molecule has 24 heavy (non-hydrogen) atoms. The highest BCUT2D eigenvalue weighted by molar-refractivity contribution is 5.63. The zero-order valence-corrected chi connectivity index (χ0v) is 14.3. The highest BCUT2D eigenvalue weighted by Crippen LogP contribution is 2.25. The van der Waals surface area contributed by atoms with Crippen molar-refractivity contribution in [2.75, 3.05) is 20.2 Å². The highest BCUT2D eigenvalue weighted by Gasteiger charge is 2.21. The van der Waals surface area contributed by atoms with Crippen LogP contribution in [0.25, 0.3) is 11.1 Å². The van der Waals surface area contributed by atoms with Crippen LogP contribution in [0.3, 0.4) is 0 Å². The van der Waals surface area contributed by atoms with E-state index in [2.05, 4.69) is 4.98 Å². The third-order valence-corrected chi connectivity index (χ3v) is 4.11. The van der Waals surface area contributed by atoms with E-state index < -0.39 is 5.54 Å². The Hall–Kier alpha value is -2.27. The number of ether oxygens (including phenoxy) is 1. The minimum Gasteiger partial charge on any atom is -0.490 e. The first-order valence-electron chi connectivity index (χ1n) is 7.94. The molecule has 2 aromatic rings. The number of rotatable bonds is 8. The molecule has 4 nitrogen and oxygen atoms in total. The Balaban J connectivity index is 1.89. The molecule has 0 unspecified atom stereocenters. The Kier molecular flexibility index (Phi) is 6.04. The van der Waals surface area contributed by atoms with Crippen molar-refractivity contribution in [1.29, 1.82) is 0 Å². The van der Waals surface area contributed by atoms with Crippen molar-refractivity contribution in [1.82, 2.24) is 9.88 Å². The Morgan fingerprint density at radius 3 is 2.54 bits per heavy atom. The summed E-state index contributed by atoms with van der Waals surface area (Å²) >= 11 is 0. The first-order valence-corrected chi connectivity index (χ1v) is 7.94. The van der Waals surface area contributed by atoms with Crippen molar-refractivity contribution >= 4 is 6.29 Å². The smallest absolute Gasteiger partial charge is 0.165 e. The molecule has 1 aromatic heterocycles. The average molecular weight is 330 g/mol. The van der Waals surface area contributed by atoms with Gasteiger partial charge in [0.05, 0.1) is 12.1 Å². The van der Waals surface area contributed by atoms with E-state index in [1.54, 1.807) is 18.5 Å². The summed E-state index contributed by atoms with van der Waals surface area (Å²) in [5.41, 5.74) is 1.19. The van der Waals surface area contributed by atoms with E-state index in [4.69, 9.17) is 4.74 Å². The fourth-order valence-corrected chi connectivity index (χ4v) is 2.20. The second-order valence-corrected chi connectivity index (χ2v) is 6.28. The molecule has 0 aliphatic heterocycles. The van der Waals surface area contributed by atoms with Crippen LogP contribution in [0.4, 0.5) is 4.39 Å². The summed E-state index contributed by atoms with van der Waals surface area (Å²) in [5, 5.41) is 0. The Labute approximate surface area is 142 Å². The van der Waals surface area contributed by atoms with Crippen molar-refractivity contribution < 1.29 is 13.9 Å². The van der Waals surface area contributed by atoms with E-state index >= 15 is 0 Å². The molecule has 0 aliphatic rings. The van der Waals surface area contributed by atoms with Gasteiger partial charge in [0, 0.05) is 18.9 Å². The first-order chi connectivity index (χ1) is 11.4. The highest BCUT2D eigenvalue weighted by atomic mass is 19.1. The van der Waals surface area contributed by atoms with Crippen LogP contribution in [0.5, 0.6) is 5.75 Å². The van der Waals surface area contributed by atoms with Crippen molar-refractivity contribution in [3.05, 3.63) is 48.5 Å². The van der Waals surface area contributed by atoms with Crippen molar-refractivity contribution in [3.8, 4) is 16.9 Å². The maximum atomic E-state index is 14.2. The molecule has 5 heteroatoms. The average Bonchev–Trinajstić information content (AvgIpc) is 2.60. The molecule has 0 spiro atoms. The zero-order valence-electron chi connectivity index (χ0n) is 14.3. The van der Waals surface area contributed by atoms with Crippen molar-refractivity contribution in [2.24, 2.45) is 0 Å². The fourth-order valence-electron chi connectivity index (χ4n) is 2.20. The molecule has 0 atom stereocenters. The minimum absolute atomic E-state index is 0.241. The summed E-state index contributed by atoms with van der Waals surface area (Å²) in [6, 6.07) is 8.60. The Morgan fingerprint density at radius 2 is 1.92 bits per heavy atom. The topological polar surface area (TPSA) is 42.4 Å². The lowest BCUT2D eigenvalue weighted by Crippen LogP contribution is -2.43. The van der Waals surface area contributed by atoms with Crippen molar-refractivity contribution in [2.45, 2.75) is 25.8 Å².